The summed E-state index contributed by atoms with van der Waals surface area (Å²) < 4.78 is 5.14. The number of nitrogen functional groups attached to an aromatic ring is 1. The first-order chi connectivity index (χ1) is 9.52. The summed E-state index contributed by atoms with van der Waals surface area (Å²) in [6.45, 7) is 0.754. The van der Waals surface area contributed by atoms with Crippen LogP contribution in [0.4, 0.5) is 11.4 Å². The second-order valence-corrected chi connectivity index (χ2v) is 4.27. The van der Waals surface area contributed by atoms with Crippen molar-refractivity contribution in [2.45, 2.75) is 6.10 Å². The van der Waals surface area contributed by atoms with E-state index >= 15 is 0 Å². The molecule has 1 fully saturated rings. The van der Waals surface area contributed by atoms with Crippen LogP contribution in [0.2, 0.25) is 0 Å². The lowest BCUT2D eigenvalue weighted by Crippen LogP contribution is -2.45. The third-order valence-electron chi connectivity index (χ3n) is 2.97. The van der Waals surface area contributed by atoms with E-state index in [9.17, 15) is 14.9 Å². The Hall–Kier alpha value is -2.66. The van der Waals surface area contributed by atoms with Crippen molar-refractivity contribution in [2.24, 2.45) is 0 Å². The van der Waals surface area contributed by atoms with E-state index in [1.54, 1.807) is 0 Å². The van der Waals surface area contributed by atoms with Crippen LogP contribution in [0.1, 0.15) is 10.4 Å². The molecule has 1 amide bonds. The lowest BCUT2D eigenvalue weighted by molar-refractivity contribution is -0.383. The van der Waals surface area contributed by atoms with Crippen LogP contribution in [0, 0.1) is 21.4 Å². The summed E-state index contributed by atoms with van der Waals surface area (Å²) in [5, 5.41) is 19.6. The van der Waals surface area contributed by atoms with Crippen LogP contribution in [-0.4, -0.2) is 41.5 Å². The van der Waals surface area contributed by atoms with Gasteiger partial charge in [-0.05, 0) is 12.1 Å². The molecule has 1 unspecified atom stereocenters. The number of carbonyl (C=O) groups is 1. The fourth-order valence-corrected chi connectivity index (χ4v) is 1.93. The van der Waals surface area contributed by atoms with Gasteiger partial charge in [0.15, 0.2) is 6.10 Å². The third-order valence-corrected chi connectivity index (χ3v) is 2.97. The largest absolute Gasteiger partial charge is 0.393 e. The number of hydrogen-bond acceptors (Lipinski definition) is 6. The number of amides is 1. The van der Waals surface area contributed by atoms with Gasteiger partial charge in [-0.25, -0.2) is 0 Å². The number of carbonyl (C=O) groups excluding carboxylic acids is 1. The molecule has 1 aliphatic rings. The van der Waals surface area contributed by atoms with Crippen LogP contribution in [-0.2, 0) is 4.74 Å². The van der Waals surface area contributed by atoms with Crippen LogP contribution in [0.25, 0.3) is 0 Å². The Morgan fingerprint density at radius 3 is 3.00 bits per heavy atom. The summed E-state index contributed by atoms with van der Waals surface area (Å²) in [6.07, 6.45) is -0.670. The van der Waals surface area contributed by atoms with E-state index in [0.29, 0.717) is 6.54 Å². The fourth-order valence-electron chi connectivity index (χ4n) is 1.93. The molecule has 0 spiro atoms. The third kappa shape index (κ3) is 2.67. The summed E-state index contributed by atoms with van der Waals surface area (Å²) in [4.78, 5) is 23.9. The molecule has 0 aromatic heterocycles. The van der Waals surface area contributed by atoms with E-state index in [2.05, 4.69) is 0 Å². The molecule has 20 heavy (non-hydrogen) atoms. The number of nitrogens with two attached hydrogens (primary N) is 1. The van der Waals surface area contributed by atoms with E-state index in [0.717, 1.165) is 6.07 Å². The molecule has 1 atom stereocenters. The van der Waals surface area contributed by atoms with Crippen LogP contribution >= 0.6 is 0 Å². The summed E-state index contributed by atoms with van der Waals surface area (Å²) in [5.41, 5.74) is 5.35. The maximum atomic E-state index is 12.2. The SMILES string of the molecule is N#CC1CN(C(=O)c2ccc(N)c([N+](=O)[O-])c2)CCO1. The van der Waals surface area contributed by atoms with Crippen LogP contribution < -0.4 is 5.73 Å². The summed E-state index contributed by atoms with van der Waals surface area (Å²) in [5.74, 6) is -0.378. The molecule has 8 heteroatoms. The summed E-state index contributed by atoms with van der Waals surface area (Å²) in [6, 6.07) is 5.84. The quantitative estimate of drug-likeness (QED) is 0.478. The molecule has 2 N–H and O–H groups in total. The van der Waals surface area contributed by atoms with E-state index in [1.165, 1.54) is 17.0 Å². The molecule has 8 nitrogen and oxygen atoms in total. The number of hydrogen-bond donors (Lipinski definition) is 1. The minimum absolute atomic E-state index is 0.00317. The molecule has 0 radical (unpaired) electrons. The van der Waals surface area contributed by atoms with Crippen LogP contribution in [0.5, 0.6) is 0 Å². The highest BCUT2D eigenvalue weighted by Crippen LogP contribution is 2.23. The number of nitriles is 1. The highest BCUT2D eigenvalue weighted by molar-refractivity contribution is 5.95. The monoisotopic (exact) mass is 276 g/mol. The van der Waals surface area contributed by atoms with E-state index in [4.69, 9.17) is 15.7 Å². The summed E-state index contributed by atoms with van der Waals surface area (Å²) >= 11 is 0. The molecule has 1 heterocycles. The molecule has 104 valence electrons. The lowest BCUT2D eigenvalue weighted by atomic mass is 10.1. The minimum Gasteiger partial charge on any atom is -0.393 e. The number of nitro benzene ring substituents is 1. The standard InChI is InChI=1S/C12H12N4O4/c13-6-9-7-15(3-4-20-9)12(17)8-1-2-10(14)11(5-8)16(18)19/h1-2,5,9H,3-4,7,14H2. The lowest BCUT2D eigenvalue weighted by Gasteiger charge is -2.29. The molecular formula is C12H12N4O4. The first kappa shape index (κ1) is 13.8. The van der Waals surface area contributed by atoms with E-state index < -0.39 is 11.0 Å². The predicted octanol–water partition coefficient (Wildman–Crippen LogP) is 0.542. The summed E-state index contributed by atoms with van der Waals surface area (Å²) in [7, 11) is 0. The van der Waals surface area contributed by atoms with Gasteiger partial charge < -0.3 is 15.4 Å². The number of rotatable bonds is 2. The minimum atomic E-state index is -0.670. The van der Waals surface area contributed by atoms with Gasteiger partial charge in [0.25, 0.3) is 11.6 Å². The zero-order valence-corrected chi connectivity index (χ0v) is 10.5. The molecule has 1 aliphatic heterocycles. The second-order valence-electron chi connectivity index (χ2n) is 4.27. The molecular weight excluding hydrogens is 264 g/mol. The Balaban J connectivity index is 2.23. The Kier molecular flexibility index (Phi) is 3.81. The molecule has 1 aromatic carbocycles. The Morgan fingerprint density at radius 2 is 2.35 bits per heavy atom. The van der Waals surface area contributed by atoms with Gasteiger partial charge in [-0.3, -0.25) is 14.9 Å². The van der Waals surface area contributed by atoms with Gasteiger partial charge in [-0.1, -0.05) is 0 Å². The van der Waals surface area contributed by atoms with E-state index in [1.807, 2.05) is 6.07 Å². The molecule has 0 bridgehead atoms. The maximum Gasteiger partial charge on any atom is 0.292 e. The Bertz CT molecular complexity index is 596. The molecule has 1 saturated heterocycles. The van der Waals surface area contributed by atoms with Crippen molar-refractivity contribution < 1.29 is 14.5 Å². The van der Waals surface area contributed by atoms with Gasteiger partial charge in [0.05, 0.1) is 24.1 Å². The Labute approximate surface area is 114 Å². The number of nitrogens with zero attached hydrogens (tertiary/aromatic N) is 3. The van der Waals surface area contributed by atoms with Gasteiger partial charge >= 0.3 is 0 Å². The molecule has 0 saturated carbocycles. The maximum absolute atomic E-state index is 12.2. The first-order valence-corrected chi connectivity index (χ1v) is 5.87. The van der Waals surface area contributed by atoms with Crippen molar-refractivity contribution in [3.8, 4) is 6.07 Å². The number of morpholine rings is 1. The van der Waals surface area contributed by atoms with Gasteiger partial charge in [0, 0.05) is 18.2 Å². The normalized spacial score (nSPS) is 18.4. The average Bonchev–Trinajstić information content (AvgIpc) is 2.46. The van der Waals surface area contributed by atoms with E-state index in [-0.39, 0.29) is 36.0 Å². The van der Waals surface area contributed by atoms with Gasteiger partial charge in [-0.2, -0.15) is 5.26 Å². The zero-order chi connectivity index (χ0) is 14.7. The average molecular weight is 276 g/mol. The fraction of sp³-hybridized carbons (Fsp3) is 0.333. The second kappa shape index (κ2) is 5.54. The van der Waals surface area contributed by atoms with Gasteiger partial charge in [0.1, 0.15) is 5.69 Å². The molecule has 2 rings (SSSR count). The highest BCUT2D eigenvalue weighted by atomic mass is 16.6. The van der Waals surface area contributed by atoms with Crippen molar-refractivity contribution in [1.82, 2.24) is 4.90 Å². The van der Waals surface area contributed by atoms with Gasteiger partial charge in [0.2, 0.25) is 0 Å². The smallest absolute Gasteiger partial charge is 0.292 e. The van der Waals surface area contributed by atoms with Crippen LogP contribution in [0.15, 0.2) is 18.2 Å². The number of nitro groups is 1. The number of benzene rings is 1. The van der Waals surface area contributed by atoms with Crippen molar-refractivity contribution in [2.75, 3.05) is 25.4 Å². The molecule has 0 aliphatic carbocycles. The molecule has 1 aromatic rings. The highest BCUT2D eigenvalue weighted by Gasteiger charge is 2.26. The van der Waals surface area contributed by atoms with Crippen LogP contribution in [0.3, 0.4) is 0 Å². The van der Waals surface area contributed by atoms with Crippen molar-refractivity contribution >= 4 is 17.3 Å². The topological polar surface area (TPSA) is 122 Å². The van der Waals surface area contributed by atoms with Gasteiger partial charge in [-0.15, -0.1) is 0 Å². The Morgan fingerprint density at radius 1 is 1.60 bits per heavy atom. The number of anilines is 1. The van der Waals surface area contributed by atoms with Crippen molar-refractivity contribution in [1.29, 1.82) is 5.26 Å². The van der Waals surface area contributed by atoms with Crippen molar-refractivity contribution in [3.05, 3.63) is 33.9 Å². The predicted molar refractivity (Wildman–Crippen MR) is 68.8 cm³/mol. The zero-order valence-electron chi connectivity index (χ0n) is 10.5. The number of ether oxygens (including phenoxy) is 1. The first-order valence-electron chi connectivity index (χ1n) is 5.87. The van der Waals surface area contributed by atoms with Crippen molar-refractivity contribution in [3.63, 3.8) is 0 Å².